The second-order valence-corrected chi connectivity index (χ2v) is 4.33. The standard InChI is InChI=1S/C12H19N3O3/c1-9-6-15(7-10(18-9)8-16-2)12-13-5-4-11(14-12)17-3/h4-5,9-10H,6-8H2,1-3H3. The van der Waals surface area contributed by atoms with E-state index in [1.807, 2.05) is 6.92 Å². The first-order valence-corrected chi connectivity index (χ1v) is 5.99. The third kappa shape index (κ3) is 3.08. The molecule has 0 amide bonds. The van der Waals surface area contributed by atoms with Crippen molar-refractivity contribution in [2.45, 2.75) is 19.1 Å². The fourth-order valence-electron chi connectivity index (χ4n) is 2.08. The summed E-state index contributed by atoms with van der Waals surface area (Å²) in [4.78, 5) is 10.7. The third-order valence-electron chi connectivity index (χ3n) is 2.79. The lowest BCUT2D eigenvalue weighted by Gasteiger charge is -2.36. The molecule has 1 aliphatic heterocycles. The number of hydrogen-bond acceptors (Lipinski definition) is 6. The zero-order chi connectivity index (χ0) is 13.0. The number of nitrogens with zero attached hydrogens (tertiary/aromatic N) is 3. The molecule has 6 nitrogen and oxygen atoms in total. The quantitative estimate of drug-likeness (QED) is 0.788. The fourth-order valence-corrected chi connectivity index (χ4v) is 2.08. The number of rotatable bonds is 4. The van der Waals surface area contributed by atoms with Crippen molar-refractivity contribution in [2.24, 2.45) is 0 Å². The summed E-state index contributed by atoms with van der Waals surface area (Å²) >= 11 is 0. The van der Waals surface area contributed by atoms with E-state index in [4.69, 9.17) is 14.2 Å². The number of ether oxygens (including phenoxy) is 3. The van der Waals surface area contributed by atoms with Crippen LogP contribution in [0.2, 0.25) is 0 Å². The molecule has 0 aromatic carbocycles. The van der Waals surface area contributed by atoms with Gasteiger partial charge < -0.3 is 19.1 Å². The van der Waals surface area contributed by atoms with E-state index in [0.29, 0.717) is 18.4 Å². The molecule has 2 unspecified atom stereocenters. The molecule has 2 atom stereocenters. The Morgan fingerprint density at radius 3 is 3.00 bits per heavy atom. The van der Waals surface area contributed by atoms with Crippen LogP contribution in [-0.2, 0) is 9.47 Å². The summed E-state index contributed by atoms with van der Waals surface area (Å²) in [5.41, 5.74) is 0. The minimum absolute atomic E-state index is 0.0496. The minimum atomic E-state index is 0.0496. The van der Waals surface area contributed by atoms with Crippen molar-refractivity contribution in [3.8, 4) is 5.88 Å². The molecule has 2 heterocycles. The van der Waals surface area contributed by atoms with Gasteiger partial charge in [0.25, 0.3) is 0 Å². The number of anilines is 1. The molecule has 6 heteroatoms. The van der Waals surface area contributed by atoms with E-state index in [2.05, 4.69) is 14.9 Å². The van der Waals surface area contributed by atoms with E-state index < -0.39 is 0 Å². The predicted molar refractivity (Wildman–Crippen MR) is 67.0 cm³/mol. The van der Waals surface area contributed by atoms with Crippen LogP contribution < -0.4 is 9.64 Å². The van der Waals surface area contributed by atoms with Crippen molar-refractivity contribution in [1.29, 1.82) is 0 Å². The highest BCUT2D eigenvalue weighted by Gasteiger charge is 2.26. The maximum absolute atomic E-state index is 5.78. The van der Waals surface area contributed by atoms with Crippen molar-refractivity contribution in [3.63, 3.8) is 0 Å². The molecule has 1 aromatic heterocycles. The maximum Gasteiger partial charge on any atom is 0.228 e. The van der Waals surface area contributed by atoms with Gasteiger partial charge in [0, 0.05) is 32.5 Å². The van der Waals surface area contributed by atoms with Gasteiger partial charge in [0.1, 0.15) is 0 Å². The molecule has 0 saturated carbocycles. The van der Waals surface area contributed by atoms with Crippen LogP contribution in [0, 0.1) is 0 Å². The largest absolute Gasteiger partial charge is 0.481 e. The van der Waals surface area contributed by atoms with E-state index in [0.717, 1.165) is 13.1 Å². The summed E-state index contributed by atoms with van der Waals surface area (Å²) in [6.45, 7) is 4.11. The lowest BCUT2D eigenvalue weighted by molar-refractivity contribution is -0.0514. The number of aromatic nitrogens is 2. The van der Waals surface area contributed by atoms with Gasteiger partial charge in [-0.05, 0) is 6.92 Å². The van der Waals surface area contributed by atoms with E-state index >= 15 is 0 Å². The van der Waals surface area contributed by atoms with Crippen LogP contribution in [0.15, 0.2) is 12.3 Å². The minimum Gasteiger partial charge on any atom is -0.481 e. The van der Waals surface area contributed by atoms with E-state index in [9.17, 15) is 0 Å². The molecule has 1 fully saturated rings. The lowest BCUT2D eigenvalue weighted by Crippen LogP contribution is -2.48. The fraction of sp³-hybridized carbons (Fsp3) is 0.667. The topological polar surface area (TPSA) is 56.7 Å². The Labute approximate surface area is 107 Å². The highest BCUT2D eigenvalue weighted by Crippen LogP contribution is 2.18. The Kier molecular flexibility index (Phi) is 4.33. The monoisotopic (exact) mass is 253 g/mol. The first-order chi connectivity index (χ1) is 8.72. The summed E-state index contributed by atoms with van der Waals surface area (Å²) in [5, 5.41) is 0. The van der Waals surface area contributed by atoms with Crippen LogP contribution in [0.3, 0.4) is 0 Å². The SMILES string of the molecule is COCC1CN(c2nccc(OC)n2)CC(C)O1. The molecule has 0 radical (unpaired) electrons. The van der Waals surface area contributed by atoms with Gasteiger partial charge in [-0.1, -0.05) is 0 Å². The molecule has 0 spiro atoms. The second kappa shape index (κ2) is 5.97. The Balaban J connectivity index is 2.10. The normalized spacial score (nSPS) is 24.1. The van der Waals surface area contributed by atoms with Crippen molar-refractivity contribution in [2.75, 3.05) is 38.8 Å². The highest BCUT2D eigenvalue weighted by atomic mass is 16.5. The van der Waals surface area contributed by atoms with Gasteiger partial charge in [-0.15, -0.1) is 0 Å². The first kappa shape index (κ1) is 13.0. The summed E-state index contributed by atoms with van der Waals surface area (Å²) in [6.07, 6.45) is 1.88. The molecule has 2 rings (SSSR count). The molecule has 1 aliphatic rings. The Morgan fingerprint density at radius 1 is 1.44 bits per heavy atom. The smallest absolute Gasteiger partial charge is 0.228 e. The predicted octanol–water partition coefficient (Wildman–Crippen LogP) is 0.725. The highest BCUT2D eigenvalue weighted by molar-refractivity contribution is 5.33. The Hall–Kier alpha value is -1.40. The summed E-state index contributed by atoms with van der Waals surface area (Å²) < 4.78 is 16.0. The number of morpholine rings is 1. The van der Waals surface area contributed by atoms with Gasteiger partial charge in [0.15, 0.2) is 0 Å². The van der Waals surface area contributed by atoms with Gasteiger partial charge in [-0.3, -0.25) is 0 Å². The van der Waals surface area contributed by atoms with E-state index in [1.165, 1.54) is 0 Å². The number of methoxy groups -OCH3 is 2. The van der Waals surface area contributed by atoms with Crippen LogP contribution in [0.25, 0.3) is 0 Å². The van der Waals surface area contributed by atoms with Crippen LogP contribution in [0.4, 0.5) is 5.95 Å². The van der Waals surface area contributed by atoms with Crippen LogP contribution >= 0.6 is 0 Å². The second-order valence-electron chi connectivity index (χ2n) is 4.33. The van der Waals surface area contributed by atoms with Crippen molar-refractivity contribution >= 4 is 5.95 Å². The summed E-state index contributed by atoms with van der Waals surface area (Å²) in [6, 6.07) is 1.74. The van der Waals surface area contributed by atoms with Crippen LogP contribution in [0.5, 0.6) is 5.88 Å². The van der Waals surface area contributed by atoms with E-state index in [-0.39, 0.29) is 12.2 Å². The summed E-state index contributed by atoms with van der Waals surface area (Å²) in [7, 11) is 3.27. The van der Waals surface area contributed by atoms with Crippen molar-refractivity contribution in [1.82, 2.24) is 9.97 Å². The molecular weight excluding hydrogens is 234 g/mol. The Bertz CT molecular complexity index is 389. The molecule has 0 N–H and O–H groups in total. The molecule has 0 aliphatic carbocycles. The van der Waals surface area contributed by atoms with Gasteiger partial charge in [0.2, 0.25) is 11.8 Å². The van der Waals surface area contributed by atoms with Gasteiger partial charge >= 0.3 is 0 Å². The van der Waals surface area contributed by atoms with Gasteiger partial charge in [-0.2, -0.15) is 4.98 Å². The van der Waals surface area contributed by atoms with Crippen molar-refractivity contribution in [3.05, 3.63) is 12.3 Å². The summed E-state index contributed by atoms with van der Waals surface area (Å²) in [5.74, 6) is 1.24. The van der Waals surface area contributed by atoms with Crippen molar-refractivity contribution < 1.29 is 14.2 Å². The molecule has 18 heavy (non-hydrogen) atoms. The lowest BCUT2D eigenvalue weighted by atomic mass is 10.2. The van der Waals surface area contributed by atoms with Crippen LogP contribution in [-0.4, -0.2) is 56.1 Å². The van der Waals surface area contributed by atoms with E-state index in [1.54, 1.807) is 26.5 Å². The molecule has 1 saturated heterocycles. The number of hydrogen-bond donors (Lipinski definition) is 0. The average molecular weight is 253 g/mol. The molecule has 0 bridgehead atoms. The van der Waals surface area contributed by atoms with Crippen LogP contribution in [0.1, 0.15) is 6.92 Å². The first-order valence-electron chi connectivity index (χ1n) is 5.99. The zero-order valence-corrected chi connectivity index (χ0v) is 11.0. The third-order valence-corrected chi connectivity index (χ3v) is 2.79. The van der Waals surface area contributed by atoms with Gasteiger partial charge in [-0.25, -0.2) is 4.98 Å². The van der Waals surface area contributed by atoms with Gasteiger partial charge in [0.05, 0.1) is 25.9 Å². The Morgan fingerprint density at radius 2 is 2.28 bits per heavy atom. The maximum atomic E-state index is 5.78. The zero-order valence-electron chi connectivity index (χ0n) is 11.0. The molecular formula is C12H19N3O3. The molecule has 100 valence electrons. The molecule has 1 aromatic rings. The average Bonchev–Trinajstić information content (AvgIpc) is 2.38.